The fourth-order valence-electron chi connectivity index (χ4n) is 4.96. The van der Waals surface area contributed by atoms with Gasteiger partial charge in [0.05, 0.1) is 18.1 Å². The fraction of sp³-hybridized carbons (Fsp3) is 0.640. The number of carbonyl (C=O) groups is 1. The molecular weight excluding hydrogens is 510 g/mol. The van der Waals surface area contributed by atoms with Crippen LogP contribution in [0.15, 0.2) is 24.3 Å². The minimum atomic E-state index is -3.71. The molecule has 2 fully saturated rings. The van der Waals surface area contributed by atoms with Crippen molar-refractivity contribution >= 4 is 22.1 Å². The molecule has 2 aromatic rings. The number of aromatic nitrogens is 3. The minimum absolute atomic E-state index is 0.0631. The Morgan fingerprint density at radius 3 is 2.47 bits per heavy atom. The molecule has 3 heterocycles. The molecule has 0 saturated carbocycles. The van der Waals surface area contributed by atoms with E-state index in [2.05, 4.69) is 10.4 Å². The Balaban J connectivity index is 1.59. The number of nitrogens with two attached hydrogens (primary N) is 1. The van der Waals surface area contributed by atoms with Gasteiger partial charge in [-0.3, -0.25) is 4.79 Å². The molecular formula is C25H39N7O5S. The summed E-state index contributed by atoms with van der Waals surface area (Å²) in [4.78, 5) is 18.2. The summed E-state index contributed by atoms with van der Waals surface area (Å²) in [5.41, 5.74) is 6.85. The van der Waals surface area contributed by atoms with Crippen molar-refractivity contribution in [2.75, 3.05) is 45.2 Å². The third kappa shape index (κ3) is 5.92. The highest BCUT2D eigenvalue weighted by atomic mass is 32.2. The van der Waals surface area contributed by atoms with E-state index in [9.17, 15) is 18.3 Å². The molecule has 1 aromatic carbocycles. The summed E-state index contributed by atoms with van der Waals surface area (Å²) in [6.45, 7) is 7.53. The second-order valence-electron chi connectivity index (χ2n) is 10.9. The topological polar surface area (TPSA) is 156 Å². The maximum atomic E-state index is 13.5. The van der Waals surface area contributed by atoms with Crippen LogP contribution in [0.2, 0.25) is 0 Å². The SMILES string of the molecule is COCC(C)(C)C(=O)n1nc(C2CN(S(=O)(=O)N3CCC(O)C3)CC2C)nc1NCc1ccc(CN)cc1. The number of β-amino-alcohol motifs (C(OH)–C–C–N with tert-alkyl or cyclic N) is 1. The van der Waals surface area contributed by atoms with Crippen LogP contribution in [0.4, 0.5) is 5.95 Å². The number of rotatable bonds is 10. The predicted octanol–water partition coefficient (Wildman–Crippen LogP) is 1.01. The first-order valence-electron chi connectivity index (χ1n) is 12.9. The van der Waals surface area contributed by atoms with Gasteiger partial charge in [0.25, 0.3) is 16.1 Å². The second-order valence-corrected chi connectivity index (χ2v) is 12.8. The van der Waals surface area contributed by atoms with Crippen LogP contribution < -0.4 is 11.1 Å². The zero-order valence-electron chi connectivity index (χ0n) is 22.5. The van der Waals surface area contributed by atoms with E-state index in [4.69, 9.17) is 15.5 Å². The number of aliphatic hydroxyl groups excluding tert-OH is 1. The van der Waals surface area contributed by atoms with Gasteiger partial charge in [-0.25, -0.2) is 0 Å². The normalized spacial score (nSPS) is 23.3. The van der Waals surface area contributed by atoms with E-state index in [-0.39, 0.29) is 37.4 Å². The summed E-state index contributed by atoms with van der Waals surface area (Å²) >= 11 is 0. The van der Waals surface area contributed by atoms with Crippen molar-refractivity contribution < 1.29 is 23.1 Å². The predicted molar refractivity (Wildman–Crippen MR) is 143 cm³/mol. The minimum Gasteiger partial charge on any atom is -0.392 e. The van der Waals surface area contributed by atoms with Gasteiger partial charge in [0, 0.05) is 52.3 Å². The maximum absolute atomic E-state index is 13.5. The number of anilines is 1. The molecule has 3 atom stereocenters. The summed E-state index contributed by atoms with van der Waals surface area (Å²) in [5.74, 6) is 0.0842. The molecule has 0 bridgehead atoms. The summed E-state index contributed by atoms with van der Waals surface area (Å²) in [5, 5.41) is 17.7. The van der Waals surface area contributed by atoms with E-state index in [1.54, 1.807) is 21.0 Å². The Morgan fingerprint density at radius 1 is 1.18 bits per heavy atom. The van der Waals surface area contributed by atoms with Crippen molar-refractivity contribution in [2.45, 2.75) is 52.3 Å². The highest BCUT2D eigenvalue weighted by Crippen LogP contribution is 2.35. The van der Waals surface area contributed by atoms with Crippen molar-refractivity contribution in [2.24, 2.45) is 17.1 Å². The second kappa shape index (κ2) is 11.4. The molecule has 0 radical (unpaired) electrons. The van der Waals surface area contributed by atoms with Gasteiger partial charge >= 0.3 is 0 Å². The largest absolute Gasteiger partial charge is 0.392 e. The number of benzene rings is 1. The smallest absolute Gasteiger partial charge is 0.282 e. The summed E-state index contributed by atoms with van der Waals surface area (Å²) in [7, 11) is -2.17. The van der Waals surface area contributed by atoms with Crippen molar-refractivity contribution in [1.29, 1.82) is 0 Å². The van der Waals surface area contributed by atoms with Crippen LogP contribution in [0.1, 0.15) is 54.9 Å². The number of aliphatic hydroxyl groups is 1. The number of hydrogen-bond donors (Lipinski definition) is 3. The van der Waals surface area contributed by atoms with Crippen molar-refractivity contribution in [3.05, 3.63) is 41.2 Å². The van der Waals surface area contributed by atoms with E-state index in [0.717, 1.165) is 11.1 Å². The van der Waals surface area contributed by atoms with E-state index in [0.29, 0.717) is 44.4 Å². The van der Waals surface area contributed by atoms with Gasteiger partial charge in [0.2, 0.25) is 5.95 Å². The first kappa shape index (κ1) is 28.6. The first-order valence-corrected chi connectivity index (χ1v) is 14.3. The molecule has 38 heavy (non-hydrogen) atoms. The lowest BCUT2D eigenvalue weighted by Gasteiger charge is -2.23. The molecule has 2 saturated heterocycles. The summed E-state index contributed by atoms with van der Waals surface area (Å²) in [6.07, 6.45) is -0.207. The molecule has 3 unspecified atom stereocenters. The molecule has 4 N–H and O–H groups in total. The van der Waals surface area contributed by atoms with Gasteiger partial charge in [0.1, 0.15) is 0 Å². The average Bonchev–Trinajstić information content (AvgIpc) is 3.61. The van der Waals surface area contributed by atoms with Crippen LogP contribution in [0.5, 0.6) is 0 Å². The quantitative estimate of drug-likeness (QED) is 0.394. The molecule has 0 amide bonds. The van der Waals surface area contributed by atoms with Crippen molar-refractivity contribution in [1.82, 2.24) is 23.4 Å². The average molecular weight is 550 g/mol. The number of methoxy groups -OCH3 is 1. The Hall–Kier alpha value is -2.42. The highest BCUT2D eigenvalue weighted by Gasteiger charge is 2.44. The number of nitrogens with one attached hydrogen (secondary N) is 1. The highest BCUT2D eigenvalue weighted by molar-refractivity contribution is 7.86. The Kier molecular flexibility index (Phi) is 8.55. The summed E-state index contributed by atoms with van der Waals surface area (Å²) in [6, 6.07) is 7.83. The molecule has 4 rings (SSSR count). The van der Waals surface area contributed by atoms with Gasteiger partial charge in [-0.1, -0.05) is 31.2 Å². The number of nitrogens with zero attached hydrogens (tertiary/aromatic N) is 5. The van der Waals surface area contributed by atoms with Gasteiger partial charge in [-0.2, -0.15) is 26.7 Å². The molecule has 0 spiro atoms. The van der Waals surface area contributed by atoms with E-state index >= 15 is 0 Å². The third-order valence-electron chi connectivity index (χ3n) is 7.30. The zero-order chi connectivity index (χ0) is 27.7. The first-order chi connectivity index (χ1) is 18.0. The monoisotopic (exact) mass is 549 g/mol. The Labute approximate surface area is 224 Å². The molecule has 2 aliphatic rings. The molecule has 13 heteroatoms. The van der Waals surface area contributed by atoms with Gasteiger partial charge < -0.3 is 20.9 Å². The van der Waals surface area contributed by atoms with E-state index in [1.807, 2.05) is 31.2 Å². The van der Waals surface area contributed by atoms with Crippen LogP contribution in [-0.2, 0) is 28.0 Å². The molecule has 12 nitrogen and oxygen atoms in total. The van der Waals surface area contributed by atoms with Gasteiger partial charge in [-0.05, 0) is 37.3 Å². The maximum Gasteiger partial charge on any atom is 0.282 e. The fourth-order valence-corrected chi connectivity index (χ4v) is 6.75. The Morgan fingerprint density at radius 2 is 1.87 bits per heavy atom. The van der Waals surface area contributed by atoms with Crippen LogP contribution in [-0.4, -0.2) is 88.8 Å². The standard InChI is InChI=1S/C25H39N7O5S/c1-17-13-31(38(35,36)30-10-9-20(33)14-30)15-21(17)22-28-24(27-12-19-7-5-18(11-26)6-8-19)32(29-22)23(34)25(2,3)16-37-4/h5-8,17,20-21,33H,9-16,26H2,1-4H3,(H,27,28,29). The van der Waals surface area contributed by atoms with Crippen molar-refractivity contribution in [3.63, 3.8) is 0 Å². The van der Waals surface area contributed by atoms with Gasteiger partial charge in [-0.15, -0.1) is 5.10 Å². The third-order valence-corrected chi connectivity index (χ3v) is 9.23. The zero-order valence-corrected chi connectivity index (χ0v) is 23.3. The number of hydrogen-bond acceptors (Lipinski definition) is 9. The van der Waals surface area contributed by atoms with E-state index in [1.165, 1.54) is 13.3 Å². The number of ether oxygens (including phenoxy) is 1. The van der Waals surface area contributed by atoms with Crippen LogP contribution >= 0.6 is 0 Å². The molecule has 1 aromatic heterocycles. The van der Waals surface area contributed by atoms with E-state index < -0.39 is 21.7 Å². The van der Waals surface area contributed by atoms with Gasteiger partial charge in [0.15, 0.2) is 5.82 Å². The van der Waals surface area contributed by atoms with Crippen molar-refractivity contribution in [3.8, 4) is 0 Å². The lowest BCUT2D eigenvalue weighted by molar-refractivity contribution is 0.0528. The summed E-state index contributed by atoms with van der Waals surface area (Å²) < 4.78 is 35.7. The van der Waals surface area contributed by atoms with Crippen LogP contribution in [0.3, 0.4) is 0 Å². The lowest BCUT2D eigenvalue weighted by Crippen LogP contribution is -2.42. The molecule has 2 aliphatic heterocycles. The Bertz CT molecular complexity index is 1230. The van der Waals surface area contributed by atoms with Crippen LogP contribution in [0.25, 0.3) is 0 Å². The van der Waals surface area contributed by atoms with Crippen LogP contribution in [0, 0.1) is 11.3 Å². The molecule has 0 aliphatic carbocycles. The lowest BCUT2D eigenvalue weighted by atomic mass is 9.94. The molecule has 210 valence electrons. The number of carbonyl (C=O) groups excluding carboxylic acids is 1.